The Balaban J connectivity index is 1.45. The number of para-hydroxylation sites is 2. The van der Waals surface area contributed by atoms with Crippen molar-refractivity contribution in [2.45, 2.75) is 43.7 Å². The first kappa shape index (κ1) is 32.6. The van der Waals surface area contributed by atoms with Crippen molar-refractivity contribution in [1.82, 2.24) is 15.4 Å². The van der Waals surface area contributed by atoms with Crippen LogP contribution < -0.4 is 21.8 Å². The zero-order valence-corrected chi connectivity index (χ0v) is 25.3. The van der Waals surface area contributed by atoms with Crippen molar-refractivity contribution in [2.75, 3.05) is 10.6 Å². The van der Waals surface area contributed by atoms with Crippen LogP contribution in [0, 0.1) is 0 Å². The fraction of sp³-hybridized carbons (Fsp3) is 0.200. The maximum absolute atomic E-state index is 17.3. The number of alkyl halides is 1. The number of halogens is 1. The monoisotopic (exact) mass is 636 g/mol. The van der Waals surface area contributed by atoms with Crippen molar-refractivity contribution in [2.24, 2.45) is 5.73 Å². The van der Waals surface area contributed by atoms with Crippen LogP contribution in [0.25, 0.3) is 21.8 Å². The van der Waals surface area contributed by atoms with Gasteiger partial charge in [0, 0.05) is 35.2 Å². The number of nitrogens with two attached hydrogens (primary N) is 1. The molecule has 0 aliphatic heterocycles. The summed E-state index contributed by atoms with van der Waals surface area (Å²) in [5.41, 5.74) is 5.52. The van der Waals surface area contributed by atoms with Crippen molar-refractivity contribution in [3.63, 3.8) is 0 Å². The van der Waals surface area contributed by atoms with Gasteiger partial charge in [0.1, 0.15) is 0 Å². The molecule has 240 valence electrons. The molecule has 0 aliphatic carbocycles. The minimum atomic E-state index is -3.23. The molecule has 11 nitrogen and oxygen atoms in total. The highest BCUT2D eigenvalue weighted by Gasteiger charge is 2.49. The second kappa shape index (κ2) is 14.6. The number of primary amides is 1. The van der Waals surface area contributed by atoms with Crippen molar-refractivity contribution in [3.8, 4) is 0 Å². The Hall–Kier alpha value is -5.75. The van der Waals surface area contributed by atoms with Crippen LogP contribution in [0.4, 0.5) is 15.8 Å². The van der Waals surface area contributed by atoms with Gasteiger partial charge in [-0.15, -0.1) is 0 Å². The summed E-state index contributed by atoms with van der Waals surface area (Å²) < 4.78 is 17.3. The van der Waals surface area contributed by atoms with E-state index >= 15 is 4.39 Å². The first-order valence-electron chi connectivity index (χ1n) is 15.0. The molecule has 0 spiro atoms. The topological polar surface area (TPSA) is 176 Å². The van der Waals surface area contributed by atoms with E-state index in [1.807, 2.05) is 0 Å². The lowest BCUT2D eigenvalue weighted by atomic mass is 9.88. The normalized spacial score (nSPS) is 12.0. The van der Waals surface area contributed by atoms with Gasteiger partial charge >= 0.3 is 0 Å². The maximum Gasteiger partial charge on any atom is 0.291 e. The van der Waals surface area contributed by atoms with E-state index in [0.29, 0.717) is 53.1 Å². The van der Waals surface area contributed by atoms with Gasteiger partial charge in [-0.3, -0.25) is 34.4 Å². The van der Waals surface area contributed by atoms with Gasteiger partial charge in [0.2, 0.25) is 11.8 Å². The minimum absolute atomic E-state index is 0.138. The summed E-state index contributed by atoms with van der Waals surface area (Å²) in [5, 5.41) is 15.2. The van der Waals surface area contributed by atoms with Gasteiger partial charge in [0.15, 0.2) is 0 Å². The van der Waals surface area contributed by atoms with E-state index in [0.717, 1.165) is 0 Å². The van der Waals surface area contributed by atoms with Crippen molar-refractivity contribution >= 4 is 56.8 Å². The molecule has 0 radical (unpaired) electrons. The number of fused-ring (bicyclic) bond motifs is 2. The highest BCUT2D eigenvalue weighted by atomic mass is 19.1. The van der Waals surface area contributed by atoms with Crippen LogP contribution in [0.5, 0.6) is 0 Å². The lowest BCUT2D eigenvalue weighted by Crippen LogP contribution is -2.46. The number of hydrogen-bond donors (Lipinski definition) is 5. The van der Waals surface area contributed by atoms with Gasteiger partial charge < -0.3 is 16.4 Å². The Morgan fingerprint density at radius 1 is 0.745 bits per heavy atom. The number of anilines is 2. The fourth-order valence-electron chi connectivity index (χ4n) is 5.48. The van der Waals surface area contributed by atoms with Gasteiger partial charge in [0.25, 0.3) is 17.5 Å². The molecular weight excluding hydrogens is 603 g/mol. The largest absolute Gasteiger partial charge is 0.369 e. The van der Waals surface area contributed by atoms with E-state index in [-0.39, 0.29) is 23.4 Å². The molecule has 0 bridgehead atoms. The number of nitrogens with one attached hydrogen (secondary N) is 3. The zero-order valence-electron chi connectivity index (χ0n) is 25.3. The van der Waals surface area contributed by atoms with Crippen LogP contribution in [0.1, 0.15) is 49.1 Å². The molecule has 4 amide bonds. The summed E-state index contributed by atoms with van der Waals surface area (Å²) in [4.78, 5) is 59.9. The van der Waals surface area contributed by atoms with E-state index in [1.165, 1.54) is 24.3 Å². The Morgan fingerprint density at radius 2 is 1.28 bits per heavy atom. The number of amides is 4. The second-order valence-electron chi connectivity index (χ2n) is 11.0. The minimum Gasteiger partial charge on any atom is -0.369 e. The molecule has 2 heterocycles. The number of aromatic nitrogens is 2. The Kier molecular flexibility index (Phi) is 10.1. The fourth-order valence-corrected chi connectivity index (χ4v) is 5.48. The summed E-state index contributed by atoms with van der Waals surface area (Å²) in [6, 6.07) is 22.7. The molecule has 1 atom stereocenters. The number of nitrogens with zero attached hydrogens (tertiary/aromatic N) is 2. The molecule has 47 heavy (non-hydrogen) atoms. The van der Waals surface area contributed by atoms with Gasteiger partial charge in [-0.2, -0.15) is 0 Å². The first-order valence-corrected chi connectivity index (χ1v) is 15.0. The molecule has 0 aliphatic rings. The van der Waals surface area contributed by atoms with E-state index in [9.17, 15) is 19.2 Å². The van der Waals surface area contributed by atoms with Gasteiger partial charge in [-0.25, -0.2) is 9.87 Å². The van der Waals surface area contributed by atoms with Crippen molar-refractivity contribution in [1.29, 1.82) is 0 Å². The standard InChI is InChI=1S/C35H33FN6O5/c36-35(33(45)40-27-13-4-8-23-10-6-20-38-30(23)27,34(46)41-28-14-5-9-24-11-7-21-39-31(24)28)25-18-16-22(17-19-25)26(32(37)44)12-2-1-3-15-29(43)42-47/h4-11,13-14,16-21,26,47H,1-3,12,15H2,(H2,37,44)(H,40,45)(H,41,46)(H,42,43). The predicted molar refractivity (Wildman–Crippen MR) is 175 cm³/mol. The van der Waals surface area contributed by atoms with Gasteiger partial charge in [0.05, 0.1) is 28.3 Å². The number of carbonyl (C=O) groups is 4. The molecule has 2 aromatic heterocycles. The van der Waals surface area contributed by atoms with E-state index in [1.54, 1.807) is 78.5 Å². The summed E-state index contributed by atoms with van der Waals surface area (Å²) in [6.45, 7) is 0. The molecule has 5 rings (SSSR count). The SMILES string of the molecule is NC(=O)C(CCCCCC(=O)NO)c1ccc(C(F)(C(=O)Nc2cccc3cccnc23)C(=O)Nc2cccc3cccnc23)cc1. The summed E-state index contributed by atoms with van der Waals surface area (Å²) in [6.07, 6.45) is 5.25. The number of hydroxylamine groups is 1. The maximum atomic E-state index is 17.3. The van der Waals surface area contributed by atoms with Crippen LogP contribution in [0.2, 0.25) is 0 Å². The summed E-state index contributed by atoms with van der Waals surface area (Å²) in [5.74, 6) is -4.31. The van der Waals surface area contributed by atoms with E-state index in [4.69, 9.17) is 10.9 Å². The number of pyridine rings is 2. The third kappa shape index (κ3) is 7.23. The number of carbonyl (C=O) groups excluding carboxylic acids is 4. The average Bonchev–Trinajstić information content (AvgIpc) is 3.09. The van der Waals surface area contributed by atoms with Gasteiger partial charge in [-0.05, 0) is 42.7 Å². The van der Waals surface area contributed by atoms with Crippen LogP contribution in [0.3, 0.4) is 0 Å². The number of rotatable bonds is 13. The lowest BCUT2D eigenvalue weighted by Gasteiger charge is -2.25. The Labute approximate surface area is 269 Å². The van der Waals surface area contributed by atoms with Gasteiger partial charge in [-0.1, -0.05) is 73.5 Å². The molecule has 0 fully saturated rings. The number of benzene rings is 3. The van der Waals surface area contributed by atoms with Crippen LogP contribution in [-0.2, 0) is 24.8 Å². The molecule has 0 saturated heterocycles. The number of unbranched alkanes of at least 4 members (excludes halogenated alkanes) is 2. The highest BCUT2D eigenvalue weighted by Crippen LogP contribution is 2.34. The quantitative estimate of drug-likeness (QED) is 0.0507. The smallest absolute Gasteiger partial charge is 0.291 e. The summed E-state index contributed by atoms with van der Waals surface area (Å²) in [7, 11) is 0. The molecule has 12 heteroatoms. The average molecular weight is 637 g/mol. The molecule has 3 aromatic carbocycles. The lowest BCUT2D eigenvalue weighted by molar-refractivity contribution is -0.140. The van der Waals surface area contributed by atoms with E-state index in [2.05, 4.69) is 20.6 Å². The molecule has 1 unspecified atom stereocenters. The highest BCUT2D eigenvalue weighted by molar-refractivity contribution is 6.20. The zero-order chi connectivity index (χ0) is 33.4. The third-order valence-electron chi connectivity index (χ3n) is 7.96. The molecular formula is C35H33FN6O5. The van der Waals surface area contributed by atoms with Crippen molar-refractivity contribution < 1.29 is 28.8 Å². The Bertz CT molecular complexity index is 1830. The predicted octanol–water partition coefficient (Wildman–Crippen LogP) is 5.25. The molecule has 6 N–H and O–H groups in total. The molecule has 5 aromatic rings. The third-order valence-corrected chi connectivity index (χ3v) is 7.96. The number of hydrogen-bond acceptors (Lipinski definition) is 7. The van der Waals surface area contributed by atoms with Crippen molar-refractivity contribution in [3.05, 3.63) is 108 Å². The van der Waals surface area contributed by atoms with Crippen LogP contribution in [0.15, 0.2) is 97.3 Å². The Morgan fingerprint density at radius 3 is 1.79 bits per heavy atom. The first-order chi connectivity index (χ1) is 22.7. The second-order valence-corrected chi connectivity index (χ2v) is 11.0. The molecule has 0 saturated carbocycles. The van der Waals surface area contributed by atoms with Crippen LogP contribution in [-0.4, -0.2) is 38.8 Å². The summed E-state index contributed by atoms with van der Waals surface area (Å²) >= 11 is 0. The van der Waals surface area contributed by atoms with E-state index < -0.39 is 35.2 Å². The van der Waals surface area contributed by atoms with Crippen LogP contribution >= 0.6 is 0 Å².